The Morgan fingerprint density at radius 3 is 2.36 bits per heavy atom. The van der Waals surface area contributed by atoms with Gasteiger partial charge in [0.15, 0.2) is 0 Å². The van der Waals surface area contributed by atoms with E-state index in [1.165, 1.54) is 11.1 Å². The van der Waals surface area contributed by atoms with Crippen molar-refractivity contribution in [3.8, 4) is 5.69 Å². The predicted octanol–water partition coefficient (Wildman–Crippen LogP) is 3.94. The molecule has 0 unspecified atom stereocenters. The van der Waals surface area contributed by atoms with Crippen molar-refractivity contribution in [2.45, 2.75) is 34.6 Å². The summed E-state index contributed by atoms with van der Waals surface area (Å²) in [5, 5.41) is 4.07. The second kappa shape index (κ2) is 9.62. The Morgan fingerprint density at radius 1 is 1.03 bits per heavy atom. The van der Waals surface area contributed by atoms with Gasteiger partial charge in [0.25, 0.3) is 5.91 Å². The van der Waals surface area contributed by atoms with Crippen LogP contribution < -0.4 is 9.73 Å². The van der Waals surface area contributed by atoms with Crippen molar-refractivity contribution in [2.75, 3.05) is 17.1 Å². The van der Waals surface area contributed by atoms with Gasteiger partial charge in [-0.3, -0.25) is 9.10 Å². The molecule has 0 saturated heterocycles. The Balaban J connectivity index is 1.76. The first-order chi connectivity index (χ1) is 15.5. The number of aryl methyl sites for hydroxylation is 4. The van der Waals surface area contributed by atoms with Crippen LogP contribution in [0.25, 0.3) is 5.69 Å². The average Bonchev–Trinajstić information content (AvgIpc) is 2.99. The standard InChI is InChI=1S/C25H30N4O3S/c1-17-8-7-9-23(13-17)28(33(6,31)32)16-25(30)27-26-15-22-14-20(4)29(21(22)5)24-11-10-18(2)12-19(24)3/h7-15H,16H2,1-6H3,(H,27,30)/b26-15+. The first kappa shape index (κ1) is 24.3. The minimum atomic E-state index is -3.64. The van der Waals surface area contributed by atoms with Crippen LogP contribution in [0.5, 0.6) is 0 Å². The number of carbonyl (C=O) groups is 1. The maximum atomic E-state index is 12.5. The molecule has 3 rings (SSSR count). The molecule has 0 bridgehead atoms. The van der Waals surface area contributed by atoms with Crippen molar-refractivity contribution in [3.63, 3.8) is 0 Å². The first-order valence-electron chi connectivity index (χ1n) is 10.6. The lowest BCUT2D eigenvalue weighted by molar-refractivity contribution is -0.119. The molecule has 1 heterocycles. The van der Waals surface area contributed by atoms with Gasteiger partial charge in [-0.15, -0.1) is 0 Å². The smallest absolute Gasteiger partial charge is 0.260 e. The number of anilines is 1. The lowest BCUT2D eigenvalue weighted by Crippen LogP contribution is -2.39. The third-order valence-electron chi connectivity index (χ3n) is 5.43. The number of hydrogen-bond acceptors (Lipinski definition) is 4. The van der Waals surface area contributed by atoms with Crippen LogP contribution in [-0.2, 0) is 14.8 Å². The highest BCUT2D eigenvalue weighted by molar-refractivity contribution is 7.92. The number of sulfonamides is 1. The summed E-state index contributed by atoms with van der Waals surface area (Å²) in [4.78, 5) is 12.5. The van der Waals surface area contributed by atoms with E-state index in [1.807, 2.05) is 32.9 Å². The van der Waals surface area contributed by atoms with E-state index >= 15 is 0 Å². The molecule has 0 radical (unpaired) electrons. The average molecular weight is 467 g/mol. The third-order valence-corrected chi connectivity index (χ3v) is 6.57. The molecule has 1 amide bonds. The summed E-state index contributed by atoms with van der Waals surface area (Å²) >= 11 is 0. The second-order valence-corrected chi connectivity index (χ2v) is 10.3. The second-order valence-electron chi connectivity index (χ2n) is 8.35. The molecule has 0 aliphatic heterocycles. The summed E-state index contributed by atoms with van der Waals surface area (Å²) < 4.78 is 27.7. The van der Waals surface area contributed by atoms with Crippen LogP contribution in [0, 0.1) is 34.6 Å². The molecule has 1 aromatic heterocycles. The van der Waals surface area contributed by atoms with Crippen LogP contribution in [0.1, 0.15) is 33.6 Å². The molecule has 0 fully saturated rings. The van der Waals surface area contributed by atoms with Crippen molar-refractivity contribution >= 4 is 27.8 Å². The summed E-state index contributed by atoms with van der Waals surface area (Å²) in [7, 11) is -3.64. The highest BCUT2D eigenvalue weighted by Crippen LogP contribution is 2.23. The Kier molecular flexibility index (Phi) is 7.07. The lowest BCUT2D eigenvalue weighted by atomic mass is 10.1. The third kappa shape index (κ3) is 5.70. The van der Waals surface area contributed by atoms with Crippen molar-refractivity contribution in [3.05, 3.63) is 82.2 Å². The predicted molar refractivity (Wildman–Crippen MR) is 134 cm³/mol. The van der Waals surface area contributed by atoms with Crippen molar-refractivity contribution in [1.82, 2.24) is 9.99 Å². The van der Waals surface area contributed by atoms with E-state index in [4.69, 9.17) is 0 Å². The lowest BCUT2D eigenvalue weighted by Gasteiger charge is -2.21. The van der Waals surface area contributed by atoms with E-state index in [1.54, 1.807) is 24.4 Å². The van der Waals surface area contributed by atoms with Crippen molar-refractivity contribution in [2.24, 2.45) is 5.10 Å². The molecule has 2 aromatic carbocycles. The minimum Gasteiger partial charge on any atom is -0.318 e. The molecule has 174 valence electrons. The zero-order chi connectivity index (χ0) is 24.3. The van der Waals surface area contributed by atoms with Crippen molar-refractivity contribution < 1.29 is 13.2 Å². The molecule has 8 heteroatoms. The number of nitrogens with one attached hydrogen (secondary N) is 1. The highest BCUT2D eigenvalue weighted by Gasteiger charge is 2.20. The molecule has 0 saturated carbocycles. The number of nitrogens with zero attached hydrogens (tertiary/aromatic N) is 3. The van der Waals surface area contributed by atoms with E-state index in [0.717, 1.165) is 38.8 Å². The molecule has 0 aliphatic rings. The normalized spacial score (nSPS) is 11.7. The molecule has 1 N–H and O–H groups in total. The van der Waals surface area contributed by atoms with Gasteiger partial charge in [0.2, 0.25) is 10.0 Å². The summed E-state index contributed by atoms with van der Waals surface area (Å²) in [5.74, 6) is -0.527. The molecule has 0 spiro atoms. The van der Waals surface area contributed by atoms with Gasteiger partial charge in [0.1, 0.15) is 6.54 Å². The summed E-state index contributed by atoms with van der Waals surface area (Å²) in [6.07, 6.45) is 2.66. The molecular formula is C25H30N4O3S. The SMILES string of the molecule is Cc1cccc(N(CC(=O)N/N=C/c2cc(C)n(-c3ccc(C)cc3C)c2C)S(C)(=O)=O)c1. The zero-order valence-corrected chi connectivity index (χ0v) is 20.7. The minimum absolute atomic E-state index is 0.360. The van der Waals surface area contributed by atoms with Gasteiger partial charge < -0.3 is 4.57 Å². The van der Waals surface area contributed by atoms with Gasteiger partial charge in [-0.05, 0) is 70.0 Å². The fourth-order valence-electron chi connectivity index (χ4n) is 3.87. The van der Waals surface area contributed by atoms with Gasteiger partial charge in [0, 0.05) is 22.6 Å². The Hall–Kier alpha value is -3.39. The topological polar surface area (TPSA) is 83.8 Å². The molecule has 0 atom stereocenters. The fraction of sp³-hybridized carbons (Fsp3) is 0.280. The molecular weight excluding hydrogens is 436 g/mol. The number of benzene rings is 2. The number of carbonyl (C=O) groups excluding carboxylic acids is 1. The monoisotopic (exact) mass is 466 g/mol. The molecule has 7 nitrogen and oxygen atoms in total. The number of hydrogen-bond donors (Lipinski definition) is 1. The van der Waals surface area contributed by atoms with Crippen LogP contribution in [0.4, 0.5) is 5.69 Å². The van der Waals surface area contributed by atoms with Crippen LogP contribution in [0.2, 0.25) is 0 Å². The Morgan fingerprint density at radius 2 is 1.73 bits per heavy atom. The summed E-state index contributed by atoms with van der Waals surface area (Å²) in [6.45, 7) is 9.67. The van der Waals surface area contributed by atoms with Crippen molar-refractivity contribution in [1.29, 1.82) is 0 Å². The number of hydrazone groups is 1. The molecule has 3 aromatic rings. The van der Waals surface area contributed by atoms with E-state index in [9.17, 15) is 13.2 Å². The highest BCUT2D eigenvalue weighted by atomic mass is 32.2. The summed E-state index contributed by atoms with van der Waals surface area (Å²) in [5.41, 5.74) is 10.2. The maximum Gasteiger partial charge on any atom is 0.260 e. The summed E-state index contributed by atoms with van der Waals surface area (Å²) in [6, 6.07) is 15.3. The van der Waals surface area contributed by atoms with Crippen LogP contribution in [-0.4, -0.2) is 37.9 Å². The van der Waals surface area contributed by atoms with Crippen LogP contribution in [0.15, 0.2) is 53.6 Å². The fourth-order valence-corrected chi connectivity index (χ4v) is 4.72. The number of rotatable bonds is 7. The van der Waals surface area contributed by atoms with E-state index < -0.39 is 15.9 Å². The van der Waals surface area contributed by atoms with E-state index in [-0.39, 0.29) is 6.54 Å². The van der Waals surface area contributed by atoms with Gasteiger partial charge >= 0.3 is 0 Å². The van der Waals surface area contributed by atoms with Crippen LogP contribution in [0.3, 0.4) is 0 Å². The number of amides is 1. The number of aromatic nitrogens is 1. The largest absolute Gasteiger partial charge is 0.318 e. The van der Waals surface area contributed by atoms with Gasteiger partial charge in [0.05, 0.1) is 18.2 Å². The van der Waals surface area contributed by atoms with E-state index in [0.29, 0.717) is 5.69 Å². The molecule has 0 aliphatic carbocycles. The van der Waals surface area contributed by atoms with Gasteiger partial charge in [-0.1, -0.05) is 29.8 Å². The van der Waals surface area contributed by atoms with Gasteiger partial charge in [-0.25, -0.2) is 13.8 Å². The Labute approximate surface area is 195 Å². The van der Waals surface area contributed by atoms with E-state index in [2.05, 4.69) is 47.1 Å². The Bertz CT molecular complexity index is 1320. The molecule has 33 heavy (non-hydrogen) atoms. The van der Waals surface area contributed by atoms with Gasteiger partial charge in [-0.2, -0.15) is 5.10 Å². The quantitative estimate of drug-likeness (QED) is 0.423. The first-order valence-corrected chi connectivity index (χ1v) is 12.4. The maximum absolute atomic E-state index is 12.5. The zero-order valence-electron chi connectivity index (χ0n) is 19.9. The van der Waals surface area contributed by atoms with Crippen LogP contribution >= 0.6 is 0 Å².